The summed E-state index contributed by atoms with van der Waals surface area (Å²) in [5.74, 6) is -1.60. The van der Waals surface area contributed by atoms with E-state index in [9.17, 15) is 18.0 Å². The Morgan fingerprint density at radius 3 is 2.67 bits per heavy atom. The predicted octanol–water partition coefficient (Wildman–Crippen LogP) is 2.58. The number of alkyl halides is 2. The van der Waals surface area contributed by atoms with Gasteiger partial charge >= 0.3 is 0 Å². The van der Waals surface area contributed by atoms with E-state index in [0.717, 1.165) is 6.07 Å². The first-order chi connectivity index (χ1) is 7.00. The molecule has 82 valence electrons. The Morgan fingerprint density at radius 1 is 1.47 bits per heavy atom. The summed E-state index contributed by atoms with van der Waals surface area (Å²) in [7, 11) is 0. The number of benzene rings is 1. The second-order valence-corrected chi connectivity index (χ2v) is 3.64. The Bertz CT molecular complexity index is 370. The highest BCUT2D eigenvalue weighted by atomic mass is 79.9. The summed E-state index contributed by atoms with van der Waals surface area (Å²) in [5.41, 5.74) is -0.251. The molecule has 0 aliphatic heterocycles. The molecule has 15 heavy (non-hydrogen) atoms. The van der Waals surface area contributed by atoms with Crippen LogP contribution < -0.4 is 5.32 Å². The number of carbonyl (C=O) groups excluding carboxylic acids is 1. The Hall–Kier alpha value is -1.04. The lowest BCUT2D eigenvalue weighted by molar-refractivity contribution is 0.0888. The van der Waals surface area contributed by atoms with Crippen LogP contribution in [0.5, 0.6) is 0 Å². The average Bonchev–Trinajstić information content (AvgIpc) is 2.14. The Morgan fingerprint density at radius 2 is 2.13 bits per heavy atom. The van der Waals surface area contributed by atoms with Crippen LogP contribution in [-0.2, 0) is 0 Å². The summed E-state index contributed by atoms with van der Waals surface area (Å²) in [6, 6.07) is 3.78. The van der Waals surface area contributed by atoms with E-state index < -0.39 is 24.7 Å². The highest BCUT2D eigenvalue weighted by molar-refractivity contribution is 9.10. The van der Waals surface area contributed by atoms with Crippen LogP contribution in [0.1, 0.15) is 10.4 Å². The lowest BCUT2D eigenvalue weighted by Gasteiger charge is -2.05. The van der Waals surface area contributed by atoms with Gasteiger partial charge in [0.2, 0.25) is 0 Å². The van der Waals surface area contributed by atoms with E-state index in [1.54, 1.807) is 0 Å². The zero-order valence-electron chi connectivity index (χ0n) is 7.44. The number of rotatable bonds is 3. The molecule has 0 atom stereocenters. The summed E-state index contributed by atoms with van der Waals surface area (Å²) in [4.78, 5) is 11.2. The van der Waals surface area contributed by atoms with E-state index in [0.29, 0.717) is 4.47 Å². The van der Waals surface area contributed by atoms with Crippen molar-refractivity contribution in [3.05, 3.63) is 34.1 Å². The third kappa shape index (κ3) is 3.54. The molecule has 0 saturated heterocycles. The first kappa shape index (κ1) is 12.0. The van der Waals surface area contributed by atoms with Crippen LogP contribution in [0, 0.1) is 5.82 Å². The van der Waals surface area contributed by atoms with Crippen LogP contribution in [-0.4, -0.2) is 18.9 Å². The van der Waals surface area contributed by atoms with Gasteiger partial charge in [0.1, 0.15) is 5.82 Å². The third-order valence-electron chi connectivity index (χ3n) is 1.59. The van der Waals surface area contributed by atoms with Gasteiger partial charge < -0.3 is 5.32 Å². The Labute approximate surface area is 92.6 Å². The Balaban J connectivity index is 2.74. The maximum Gasteiger partial charge on any atom is 0.255 e. The van der Waals surface area contributed by atoms with Crippen LogP contribution >= 0.6 is 15.9 Å². The minimum absolute atomic E-state index is 0.251. The molecule has 0 spiro atoms. The number of hydrogen-bond donors (Lipinski definition) is 1. The number of amides is 1. The van der Waals surface area contributed by atoms with Crippen LogP contribution in [0.3, 0.4) is 0 Å². The molecule has 0 bridgehead atoms. The number of hydrogen-bond acceptors (Lipinski definition) is 1. The molecule has 0 unspecified atom stereocenters. The fourth-order valence-electron chi connectivity index (χ4n) is 0.939. The van der Waals surface area contributed by atoms with Crippen LogP contribution in [0.25, 0.3) is 0 Å². The molecule has 0 radical (unpaired) electrons. The smallest absolute Gasteiger partial charge is 0.255 e. The molecule has 6 heteroatoms. The number of nitrogens with one attached hydrogen (secondary N) is 1. The number of halogens is 4. The predicted molar refractivity (Wildman–Crippen MR) is 52.4 cm³/mol. The lowest BCUT2D eigenvalue weighted by Crippen LogP contribution is -2.29. The van der Waals surface area contributed by atoms with Gasteiger partial charge in [0.15, 0.2) is 0 Å². The van der Waals surface area contributed by atoms with Gasteiger partial charge in [0.25, 0.3) is 12.3 Å². The molecular weight excluding hydrogens is 275 g/mol. The fourth-order valence-corrected chi connectivity index (χ4v) is 1.27. The summed E-state index contributed by atoms with van der Waals surface area (Å²) < 4.78 is 37.1. The van der Waals surface area contributed by atoms with E-state index >= 15 is 0 Å². The second kappa shape index (κ2) is 5.16. The average molecular weight is 282 g/mol. The zero-order chi connectivity index (χ0) is 11.4. The van der Waals surface area contributed by atoms with Crippen molar-refractivity contribution in [1.82, 2.24) is 5.32 Å². The molecular formula is C9H7BrF3NO. The summed E-state index contributed by atoms with van der Waals surface area (Å²) in [6.45, 7) is -0.783. The van der Waals surface area contributed by atoms with Crippen molar-refractivity contribution < 1.29 is 18.0 Å². The van der Waals surface area contributed by atoms with Crippen molar-refractivity contribution in [2.75, 3.05) is 6.54 Å². The van der Waals surface area contributed by atoms with E-state index in [2.05, 4.69) is 15.9 Å². The highest BCUT2D eigenvalue weighted by Gasteiger charge is 2.13. The van der Waals surface area contributed by atoms with Gasteiger partial charge in [-0.15, -0.1) is 0 Å². The van der Waals surface area contributed by atoms with Gasteiger partial charge in [0.05, 0.1) is 12.1 Å². The quantitative estimate of drug-likeness (QED) is 0.907. The van der Waals surface area contributed by atoms with Crippen molar-refractivity contribution in [3.63, 3.8) is 0 Å². The van der Waals surface area contributed by atoms with Crippen LogP contribution in [0.2, 0.25) is 0 Å². The van der Waals surface area contributed by atoms with Crippen molar-refractivity contribution in [2.45, 2.75) is 6.43 Å². The molecule has 0 fully saturated rings. The van der Waals surface area contributed by atoms with E-state index in [1.165, 1.54) is 12.1 Å². The zero-order valence-corrected chi connectivity index (χ0v) is 9.02. The summed E-state index contributed by atoms with van der Waals surface area (Å²) in [5, 5.41) is 1.91. The van der Waals surface area contributed by atoms with Gasteiger partial charge in [-0.3, -0.25) is 4.79 Å². The maximum atomic E-state index is 13.1. The van der Waals surface area contributed by atoms with Crippen molar-refractivity contribution in [3.8, 4) is 0 Å². The van der Waals surface area contributed by atoms with Crippen LogP contribution in [0.15, 0.2) is 22.7 Å². The van der Waals surface area contributed by atoms with Gasteiger partial charge in [0, 0.05) is 4.47 Å². The molecule has 1 N–H and O–H groups in total. The molecule has 1 aromatic carbocycles. The normalized spacial score (nSPS) is 10.5. The molecule has 0 saturated carbocycles. The minimum Gasteiger partial charge on any atom is -0.346 e. The Kier molecular flexibility index (Phi) is 4.14. The molecule has 2 nitrogen and oxygen atoms in total. The molecule has 0 aromatic heterocycles. The SMILES string of the molecule is O=C(NCC(F)F)c1ccc(Br)cc1F. The third-order valence-corrected chi connectivity index (χ3v) is 2.09. The minimum atomic E-state index is -2.65. The molecule has 1 rings (SSSR count). The first-order valence-electron chi connectivity index (χ1n) is 4.02. The summed E-state index contributed by atoms with van der Waals surface area (Å²) in [6.07, 6.45) is -2.65. The monoisotopic (exact) mass is 281 g/mol. The first-order valence-corrected chi connectivity index (χ1v) is 4.81. The molecule has 0 heterocycles. The molecule has 0 aliphatic rings. The largest absolute Gasteiger partial charge is 0.346 e. The van der Waals surface area contributed by atoms with E-state index in [1.807, 2.05) is 5.32 Å². The van der Waals surface area contributed by atoms with E-state index in [4.69, 9.17) is 0 Å². The fraction of sp³-hybridized carbons (Fsp3) is 0.222. The maximum absolute atomic E-state index is 13.1. The molecule has 0 aliphatic carbocycles. The molecule has 1 amide bonds. The van der Waals surface area contributed by atoms with Gasteiger partial charge in [-0.1, -0.05) is 15.9 Å². The molecule has 1 aromatic rings. The van der Waals surface area contributed by atoms with Gasteiger partial charge in [-0.2, -0.15) is 0 Å². The summed E-state index contributed by atoms with van der Waals surface area (Å²) >= 11 is 3.02. The van der Waals surface area contributed by atoms with Crippen molar-refractivity contribution in [2.24, 2.45) is 0 Å². The highest BCUT2D eigenvalue weighted by Crippen LogP contribution is 2.15. The number of carbonyl (C=O) groups is 1. The van der Waals surface area contributed by atoms with Gasteiger partial charge in [-0.05, 0) is 18.2 Å². The van der Waals surface area contributed by atoms with Gasteiger partial charge in [-0.25, -0.2) is 13.2 Å². The standard InChI is InChI=1S/C9H7BrF3NO/c10-5-1-2-6(7(11)3-5)9(15)14-4-8(12)13/h1-3,8H,4H2,(H,14,15). The second-order valence-electron chi connectivity index (χ2n) is 2.73. The van der Waals surface area contributed by atoms with Crippen LogP contribution in [0.4, 0.5) is 13.2 Å². The topological polar surface area (TPSA) is 29.1 Å². The van der Waals surface area contributed by atoms with E-state index in [-0.39, 0.29) is 5.56 Å². The van der Waals surface area contributed by atoms with Crippen molar-refractivity contribution >= 4 is 21.8 Å². The van der Waals surface area contributed by atoms with Crippen molar-refractivity contribution in [1.29, 1.82) is 0 Å². The lowest BCUT2D eigenvalue weighted by atomic mass is 10.2.